The van der Waals surface area contributed by atoms with Gasteiger partial charge in [0.2, 0.25) is 0 Å². The van der Waals surface area contributed by atoms with Crippen molar-refractivity contribution in [3.63, 3.8) is 0 Å². The highest BCUT2D eigenvalue weighted by Crippen LogP contribution is 2.56. The fraction of sp³-hybridized carbons (Fsp3) is 0.591. The Labute approximate surface area is 336 Å². The molecule has 1 spiro atoms. The molecule has 6 atom stereocenters. The zero-order valence-corrected chi connectivity index (χ0v) is 34.2. The van der Waals surface area contributed by atoms with Gasteiger partial charge < -0.3 is 39.0 Å². The van der Waals surface area contributed by atoms with Gasteiger partial charge in [0.25, 0.3) is 5.91 Å². The molecule has 6 aliphatic rings. The lowest BCUT2D eigenvalue weighted by atomic mass is 9.75. The number of nitrogens with zero attached hydrogens (tertiary/aromatic N) is 4. The lowest BCUT2D eigenvalue weighted by molar-refractivity contribution is -0.0745. The van der Waals surface area contributed by atoms with E-state index in [1.165, 1.54) is 12.8 Å². The molecule has 6 heterocycles. The summed E-state index contributed by atoms with van der Waals surface area (Å²) >= 11 is 5.74. The molecule has 56 heavy (non-hydrogen) atoms. The molecule has 0 aliphatic carbocycles. The van der Waals surface area contributed by atoms with Gasteiger partial charge in [0, 0.05) is 109 Å². The second kappa shape index (κ2) is 16.8. The van der Waals surface area contributed by atoms with Crippen molar-refractivity contribution in [3.05, 3.63) is 82.1 Å². The molecule has 302 valence electrons. The molecule has 1 N–H and O–H groups in total. The van der Waals surface area contributed by atoms with Crippen molar-refractivity contribution in [1.82, 2.24) is 20.0 Å². The van der Waals surface area contributed by atoms with E-state index >= 15 is 0 Å². The van der Waals surface area contributed by atoms with Gasteiger partial charge in [-0.1, -0.05) is 18.9 Å². The Hall–Kier alpha value is -3.45. The molecule has 6 unspecified atom stereocenters. The zero-order valence-electron chi connectivity index (χ0n) is 33.4. The van der Waals surface area contributed by atoms with Crippen LogP contribution in [0.4, 0.5) is 5.69 Å². The predicted octanol–water partition coefficient (Wildman–Crippen LogP) is 5.55. The number of hydrogen-bond donors (Lipinski definition) is 1. The minimum Gasteiger partial charge on any atom is -0.457 e. The first-order valence-corrected chi connectivity index (χ1v) is 21.3. The number of carbonyl (C=O) groups excluding carboxylic acids is 2. The summed E-state index contributed by atoms with van der Waals surface area (Å²) in [6.07, 6.45) is 10.9. The number of nitrogens with one attached hydrogen (secondary N) is 1. The molecule has 0 saturated carbocycles. The number of carbonyl (C=O) groups is 2. The predicted molar refractivity (Wildman–Crippen MR) is 218 cm³/mol. The molecule has 4 saturated heterocycles. The Balaban J connectivity index is 1.04. The van der Waals surface area contributed by atoms with Crippen LogP contribution in [0.15, 0.2) is 59.9 Å². The number of alkyl halides is 1. The van der Waals surface area contributed by atoms with Crippen LogP contribution in [-0.2, 0) is 19.8 Å². The van der Waals surface area contributed by atoms with Gasteiger partial charge in [0.1, 0.15) is 11.5 Å². The Morgan fingerprint density at radius 2 is 1.61 bits per heavy atom. The van der Waals surface area contributed by atoms with Gasteiger partial charge >= 0.3 is 5.97 Å². The number of esters is 1. The highest BCUT2D eigenvalue weighted by atomic mass is 35.5. The average Bonchev–Trinajstić information content (AvgIpc) is 3.45. The second-order valence-corrected chi connectivity index (χ2v) is 16.9. The topological polar surface area (TPSA) is 96.1 Å². The largest absolute Gasteiger partial charge is 0.457 e. The standard InChI is InChI=1S/C44H58ClN5O6/c1-5-37-40(20-29(2)49-32-22-33(49)26-47(3)25-32)55-41-24-31(50-34-23-35(50)28-48(4)27-34)11-13-38(41)44(37)39-21-30(10-12-36(39)43(52)56-44)42(51)46-15-17-54-19-18-53-16-9-7-6-8-14-45/h5,10-13,20-21,24,29,32-35H,6-9,14-19,22-23,25-28H2,1-4H3,(H,46,51)/b37-5+,40-20+. The van der Waals surface area contributed by atoms with E-state index in [1.807, 2.05) is 19.1 Å². The van der Waals surface area contributed by atoms with Gasteiger partial charge in [-0.05, 0) is 90.0 Å². The van der Waals surface area contributed by atoms with Crippen LogP contribution in [0.3, 0.4) is 0 Å². The number of benzene rings is 2. The second-order valence-electron chi connectivity index (χ2n) is 16.6. The SMILES string of the molecule is C/C=C1\C(=C/C(C)N2C3CC2CN(C)C3)Oc2cc(N3C4CC3CN(C)C4)ccc2C12OC(=O)c1ccc(C(=O)NCCOCCOCCCCCCCl)cc12. The number of hydrogen-bond acceptors (Lipinski definition) is 10. The third kappa shape index (κ3) is 7.39. The molecule has 2 aromatic rings. The number of piperidine rings is 2. The fourth-order valence-electron chi connectivity index (χ4n) is 10.2. The number of allylic oxidation sites excluding steroid dienone is 1. The minimum atomic E-state index is -1.28. The summed E-state index contributed by atoms with van der Waals surface area (Å²) in [5, 5.41) is 3.00. The molecular formula is C44H58ClN5O6. The van der Waals surface area contributed by atoms with Gasteiger partial charge in [-0.15, -0.1) is 11.6 Å². The molecule has 12 heteroatoms. The number of ether oxygens (including phenoxy) is 4. The van der Waals surface area contributed by atoms with Crippen LogP contribution < -0.4 is 15.0 Å². The number of rotatable bonds is 16. The maximum absolute atomic E-state index is 13.9. The van der Waals surface area contributed by atoms with Crippen molar-refractivity contribution in [2.24, 2.45) is 0 Å². The van der Waals surface area contributed by atoms with E-state index in [9.17, 15) is 9.59 Å². The summed E-state index contributed by atoms with van der Waals surface area (Å²) in [5.41, 5.74) is 2.93. The van der Waals surface area contributed by atoms with Gasteiger partial charge in [-0.2, -0.15) is 0 Å². The van der Waals surface area contributed by atoms with Gasteiger partial charge in [-0.25, -0.2) is 4.79 Å². The Bertz CT molecular complexity index is 1830. The van der Waals surface area contributed by atoms with Crippen molar-refractivity contribution < 1.29 is 28.5 Å². The lowest BCUT2D eigenvalue weighted by Crippen LogP contribution is -2.69. The quantitative estimate of drug-likeness (QED) is 0.133. The van der Waals surface area contributed by atoms with Gasteiger partial charge in [-0.3, -0.25) is 9.69 Å². The van der Waals surface area contributed by atoms with E-state index in [1.54, 1.807) is 12.1 Å². The fourth-order valence-corrected chi connectivity index (χ4v) is 10.4. The average molecular weight is 788 g/mol. The number of piperazine rings is 2. The summed E-state index contributed by atoms with van der Waals surface area (Å²) in [6, 6.07) is 13.7. The normalized spacial score (nSPS) is 28.7. The van der Waals surface area contributed by atoms with Crippen molar-refractivity contribution >= 4 is 29.2 Å². The molecule has 0 radical (unpaired) electrons. The summed E-state index contributed by atoms with van der Waals surface area (Å²) < 4.78 is 24.9. The van der Waals surface area contributed by atoms with Crippen LogP contribution in [0.2, 0.25) is 0 Å². The molecule has 1 amide bonds. The molecule has 4 bridgehead atoms. The van der Waals surface area contributed by atoms with E-state index in [-0.39, 0.29) is 11.9 Å². The number of halogens is 1. The number of fused-ring (bicyclic) bond motifs is 8. The third-order valence-corrected chi connectivity index (χ3v) is 12.9. The monoisotopic (exact) mass is 787 g/mol. The van der Waals surface area contributed by atoms with Crippen LogP contribution in [-0.4, -0.2) is 136 Å². The van der Waals surface area contributed by atoms with Crippen LogP contribution >= 0.6 is 11.6 Å². The lowest BCUT2D eigenvalue weighted by Gasteiger charge is -2.58. The number of anilines is 1. The molecule has 2 aromatic carbocycles. The summed E-state index contributed by atoms with van der Waals surface area (Å²) in [4.78, 5) is 37.4. The Kier molecular flexibility index (Phi) is 11.8. The Morgan fingerprint density at radius 1 is 0.911 bits per heavy atom. The molecule has 0 aromatic heterocycles. The van der Waals surface area contributed by atoms with Crippen LogP contribution in [0.25, 0.3) is 0 Å². The summed E-state index contributed by atoms with van der Waals surface area (Å²) in [5.74, 6) is 1.42. The molecule has 4 fully saturated rings. The summed E-state index contributed by atoms with van der Waals surface area (Å²) in [6.45, 7) is 10.8. The van der Waals surface area contributed by atoms with E-state index in [4.69, 9.17) is 30.5 Å². The van der Waals surface area contributed by atoms with E-state index < -0.39 is 11.6 Å². The van der Waals surface area contributed by atoms with E-state index in [0.29, 0.717) is 91.2 Å². The third-order valence-electron chi connectivity index (χ3n) is 12.7. The van der Waals surface area contributed by atoms with Crippen LogP contribution in [0.5, 0.6) is 5.75 Å². The highest BCUT2D eigenvalue weighted by Gasteiger charge is 2.56. The van der Waals surface area contributed by atoms with Crippen molar-refractivity contribution in [2.45, 2.75) is 88.2 Å². The van der Waals surface area contributed by atoms with E-state index in [2.05, 4.69) is 70.2 Å². The van der Waals surface area contributed by atoms with Gasteiger partial charge in [0.05, 0.1) is 25.4 Å². The minimum absolute atomic E-state index is 0.109. The van der Waals surface area contributed by atoms with Crippen molar-refractivity contribution in [3.8, 4) is 5.75 Å². The molecule has 8 rings (SSSR count). The maximum Gasteiger partial charge on any atom is 0.340 e. The molecule has 6 aliphatic heterocycles. The number of likely N-dealkylation sites (N-methyl/N-ethyl adjacent to an activating group) is 2. The van der Waals surface area contributed by atoms with Crippen LogP contribution in [0.1, 0.15) is 84.2 Å². The molecular weight excluding hydrogens is 730 g/mol. The molecule has 11 nitrogen and oxygen atoms in total. The number of amides is 1. The van der Waals surface area contributed by atoms with Crippen molar-refractivity contribution in [2.75, 3.05) is 84.0 Å². The van der Waals surface area contributed by atoms with Crippen molar-refractivity contribution in [1.29, 1.82) is 0 Å². The van der Waals surface area contributed by atoms with Crippen LogP contribution in [0, 0.1) is 0 Å². The first-order chi connectivity index (χ1) is 27.2. The first-order valence-electron chi connectivity index (χ1n) is 20.7. The number of unbranched alkanes of at least 4 members (excludes halogenated alkanes) is 3. The van der Waals surface area contributed by atoms with Gasteiger partial charge in [0.15, 0.2) is 5.60 Å². The smallest absolute Gasteiger partial charge is 0.340 e. The number of likely N-dealkylation sites (tertiary alicyclic amines) is 3. The maximum atomic E-state index is 13.9. The Morgan fingerprint density at radius 3 is 2.34 bits per heavy atom. The van der Waals surface area contributed by atoms with E-state index in [0.717, 1.165) is 68.7 Å². The zero-order chi connectivity index (χ0) is 39.0. The highest BCUT2D eigenvalue weighted by molar-refractivity contribution is 6.17. The summed E-state index contributed by atoms with van der Waals surface area (Å²) in [7, 11) is 4.39. The first kappa shape index (κ1) is 39.4.